The van der Waals surface area contributed by atoms with E-state index < -0.39 is 0 Å². The molecule has 1 N–H and O–H groups in total. The van der Waals surface area contributed by atoms with E-state index in [0.717, 1.165) is 25.9 Å². The van der Waals surface area contributed by atoms with Crippen LogP contribution in [-0.2, 0) is 0 Å². The largest absolute Gasteiger partial charge is 0.337 e. The normalized spacial score (nSPS) is 17.6. The summed E-state index contributed by atoms with van der Waals surface area (Å²) in [6.45, 7) is 3.71. The van der Waals surface area contributed by atoms with Gasteiger partial charge in [0.05, 0.1) is 10.7 Å². The fourth-order valence-corrected chi connectivity index (χ4v) is 3.24. The Kier molecular flexibility index (Phi) is 5.21. The van der Waals surface area contributed by atoms with E-state index in [9.17, 15) is 4.79 Å². The third-order valence-electron chi connectivity index (χ3n) is 4.00. The number of piperidine rings is 1. The van der Waals surface area contributed by atoms with Crippen molar-refractivity contribution in [2.24, 2.45) is 5.92 Å². The minimum atomic E-state index is -0.0609. The first-order chi connectivity index (χ1) is 11.5. The number of amides is 1. The third kappa shape index (κ3) is 3.97. The number of hydrogen-bond acceptors (Lipinski definition) is 4. The third-order valence-corrected chi connectivity index (χ3v) is 4.54. The molecule has 1 saturated heterocycles. The molecular formula is C17H18Cl2N4O. The molecule has 1 aliphatic rings. The molecule has 1 amide bonds. The summed E-state index contributed by atoms with van der Waals surface area (Å²) in [4.78, 5) is 23.0. The van der Waals surface area contributed by atoms with Gasteiger partial charge in [0.25, 0.3) is 5.91 Å². The Morgan fingerprint density at radius 2 is 2.17 bits per heavy atom. The van der Waals surface area contributed by atoms with Crippen LogP contribution >= 0.6 is 23.2 Å². The van der Waals surface area contributed by atoms with E-state index in [2.05, 4.69) is 22.2 Å². The Morgan fingerprint density at radius 1 is 1.33 bits per heavy atom. The molecule has 2 heterocycles. The van der Waals surface area contributed by atoms with E-state index in [1.807, 2.05) is 4.90 Å². The molecule has 126 valence electrons. The first-order valence-corrected chi connectivity index (χ1v) is 8.63. The van der Waals surface area contributed by atoms with E-state index in [0.29, 0.717) is 33.3 Å². The smallest absolute Gasteiger partial charge is 0.272 e. The predicted octanol–water partition coefficient (Wildman–Crippen LogP) is 4.40. The fourth-order valence-electron chi connectivity index (χ4n) is 2.79. The molecule has 24 heavy (non-hydrogen) atoms. The van der Waals surface area contributed by atoms with Gasteiger partial charge in [-0.05, 0) is 43.0 Å². The van der Waals surface area contributed by atoms with Crippen LogP contribution in [-0.4, -0.2) is 33.9 Å². The zero-order valence-corrected chi connectivity index (χ0v) is 14.8. The van der Waals surface area contributed by atoms with E-state index in [1.54, 1.807) is 30.5 Å². The van der Waals surface area contributed by atoms with Gasteiger partial charge < -0.3 is 10.2 Å². The van der Waals surface area contributed by atoms with Gasteiger partial charge in [-0.15, -0.1) is 0 Å². The van der Waals surface area contributed by atoms with Gasteiger partial charge in [0.15, 0.2) is 0 Å². The summed E-state index contributed by atoms with van der Waals surface area (Å²) in [5.74, 6) is 0.791. The van der Waals surface area contributed by atoms with Crippen molar-refractivity contribution in [1.29, 1.82) is 0 Å². The number of nitrogens with zero attached hydrogens (tertiary/aromatic N) is 3. The quantitative estimate of drug-likeness (QED) is 0.876. The lowest BCUT2D eigenvalue weighted by Gasteiger charge is -2.30. The summed E-state index contributed by atoms with van der Waals surface area (Å²) in [6.07, 6.45) is 3.76. The molecule has 0 radical (unpaired) electrons. The highest BCUT2D eigenvalue weighted by Gasteiger charge is 2.23. The zero-order valence-electron chi connectivity index (χ0n) is 13.3. The molecule has 5 nitrogen and oxygen atoms in total. The molecular weight excluding hydrogens is 347 g/mol. The lowest BCUT2D eigenvalue weighted by Crippen LogP contribution is -2.39. The molecule has 1 unspecified atom stereocenters. The lowest BCUT2D eigenvalue weighted by atomic mass is 10.00. The molecule has 1 aromatic heterocycles. The predicted molar refractivity (Wildman–Crippen MR) is 96.1 cm³/mol. The maximum Gasteiger partial charge on any atom is 0.272 e. The van der Waals surface area contributed by atoms with Crippen LogP contribution in [0, 0.1) is 5.92 Å². The summed E-state index contributed by atoms with van der Waals surface area (Å²) < 4.78 is 0. The van der Waals surface area contributed by atoms with Crippen LogP contribution in [0.5, 0.6) is 0 Å². The molecule has 2 aromatic rings. The topological polar surface area (TPSA) is 58.1 Å². The standard InChI is InChI=1S/C17H18Cl2N4O/c1-11-3-2-8-23(10-11)16(24)15-6-7-20-17(22-15)21-14-5-4-12(18)9-13(14)19/h4-7,9,11H,2-3,8,10H2,1H3,(H,20,21,22). The van der Waals surface area contributed by atoms with Gasteiger partial charge in [-0.3, -0.25) is 4.79 Å². The minimum absolute atomic E-state index is 0.0609. The van der Waals surface area contributed by atoms with Gasteiger partial charge in [0, 0.05) is 24.3 Å². The Bertz CT molecular complexity index is 753. The average molecular weight is 365 g/mol. The van der Waals surface area contributed by atoms with Crippen LogP contribution in [0.15, 0.2) is 30.5 Å². The SMILES string of the molecule is CC1CCCN(C(=O)c2ccnc(Nc3ccc(Cl)cc3Cl)n2)C1. The van der Waals surface area contributed by atoms with Crippen molar-refractivity contribution < 1.29 is 4.79 Å². The van der Waals surface area contributed by atoms with Crippen LogP contribution in [0.2, 0.25) is 10.0 Å². The van der Waals surface area contributed by atoms with Crippen LogP contribution in [0.25, 0.3) is 0 Å². The Hall–Kier alpha value is -1.85. The number of rotatable bonds is 3. The molecule has 1 fully saturated rings. The van der Waals surface area contributed by atoms with Gasteiger partial charge >= 0.3 is 0 Å². The van der Waals surface area contributed by atoms with Gasteiger partial charge in [-0.2, -0.15) is 0 Å². The highest BCUT2D eigenvalue weighted by atomic mass is 35.5. The molecule has 0 spiro atoms. The van der Waals surface area contributed by atoms with Crippen molar-refractivity contribution in [1.82, 2.24) is 14.9 Å². The summed E-state index contributed by atoms with van der Waals surface area (Å²) in [6, 6.07) is 6.74. The molecule has 1 atom stereocenters. The first-order valence-electron chi connectivity index (χ1n) is 7.87. The first kappa shape index (κ1) is 17.0. The summed E-state index contributed by atoms with van der Waals surface area (Å²) in [7, 11) is 0. The number of carbonyl (C=O) groups excluding carboxylic acids is 1. The minimum Gasteiger partial charge on any atom is -0.337 e. The maximum atomic E-state index is 12.6. The van der Waals surface area contributed by atoms with E-state index >= 15 is 0 Å². The van der Waals surface area contributed by atoms with E-state index in [-0.39, 0.29) is 5.91 Å². The van der Waals surface area contributed by atoms with Crippen molar-refractivity contribution in [2.45, 2.75) is 19.8 Å². The van der Waals surface area contributed by atoms with Crippen LogP contribution in [0.1, 0.15) is 30.3 Å². The van der Waals surface area contributed by atoms with Crippen LogP contribution in [0.4, 0.5) is 11.6 Å². The molecule has 0 aliphatic carbocycles. The number of benzene rings is 1. The van der Waals surface area contributed by atoms with Crippen molar-refractivity contribution in [2.75, 3.05) is 18.4 Å². The number of aromatic nitrogens is 2. The number of likely N-dealkylation sites (tertiary alicyclic amines) is 1. The number of carbonyl (C=O) groups is 1. The second-order valence-electron chi connectivity index (χ2n) is 6.01. The van der Waals surface area contributed by atoms with E-state index in [4.69, 9.17) is 23.2 Å². The van der Waals surface area contributed by atoms with Crippen LogP contribution < -0.4 is 5.32 Å². The number of anilines is 2. The number of halogens is 2. The Labute approximate surface area is 151 Å². The Morgan fingerprint density at radius 3 is 2.92 bits per heavy atom. The second-order valence-corrected chi connectivity index (χ2v) is 6.86. The summed E-state index contributed by atoms with van der Waals surface area (Å²) in [5, 5.41) is 4.04. The Balaban J connectivity index is 1.77. The molecule has 0 bridgehead atoms. The van der Waals surface area contributed by atoms with Crippen molar-refractivity contribution >= 4 is 40.7 Å². The zero-order chi connectivity index (χ0) is 17.1. The number of nitrogens with one attached hydrogen (secondary N) is 1. The summed E-state index contributed by atoms with van der Waals surface area (Å²) >= 11 is 12.0. The molecule has 7 heteroatoms. The lowest BCUT2D eigenvalue weighted by molar-refractivity contribution is 0.0677. The van der Waals surface area contributed by atoms with Gasteiger partial charge in [0.2, 0.25) is 5.95 Å². The molecule has 3 rings (SSSR count). The van der Waals surface area contributed by atoms with Gasteiger partial charge in [0.1, 0.15) is 5.69 Å². The van der Waals surface area contributed by atoms with Gasteiger partial charge in [-0.1, -0.05) is 30.1 Å². The second kappa shape index (κ2) is 7.36. The van der Waals surface area contributed by atoms with Gasteiger partial charge in [-0.25, -0.2) is 9.97 Å². The molecule has 0 saturated carbocycles. The molecule has 1 aliphatic heterocycles. The van der Waals surface area contributed by atoms with Crippen molar-refractivity contribution in [3.05, 3.63) is 46.2 Å². The van der Waals surface area contributed by atoms with Crippen molar-refractivity contribution in [3.8, 4) is 0 Å². The fraction of sp³-hybridized carbons (Fsp3) is 0.353. The maximum absolute atomic E-state index is 12.6. The summed E-state index contributed by atoms with van der Waals surface area (Å²) in [5.41, 5.74) is 1.02. The molecule has 1 aromatic carbocycles. The number of hydrogen-bond donors (Lipinski definition) is 1. The monoisotopic (exact) mass is 364 g/mol. The van der Waals surface area contributed by atoms with Crippen molar-refractivity contribution in [3.63, 3.8) is 0 Å². The van der Waals surface area contributed by atoms with Crippen LogP contribution in [0.3, 0.4) is 0 Å². The average Bonchev–Trinajstić information content (AvgIpc) is 2.57. The highest BCUT2D eigenvalue weighted by Crippen LogP contribution is 2.27. The van der Waals surface area contributed by atoms with E-state index in [1.165, 1.54) is 0 Å². The highest BCUT2D eigenvalue weighted by molar-refractivity contribution is 6.36.